The summed E-state index contributed by atoms with van der Waals surface area (Å²) in [4.78, 5) is 4.97. The van der Waals surface area contributed by atoms with Crippen molar-refractivity contribution < 1.29 is 0 Å². The highest BCUT2D eigenvalue weighted by atomic mass is 15.1. The lowest BCUT2D eigenvalue weighted by Gasteiger charge is -2.16. The fourth-order valence-electron chi connectivity index (χ4n) is 9.24. The molecule has 264 valence electrons. The number of hydrogen-bond donors (Lipinski definition) is 0. The lowest BCUT2D eigenvalue weighted by Crippen LogP contribution is -2.01. The fourth-order valence-corrected chi connectivity index (χ4v) is 9.24. The number of aromatic nitrogens is 2. The van der Waals surface area contributed by atoms with E-state index in [1.807, 2.05) is 0 Å². The third-order valence-electron chi connectivity index (χ3n) is 11.9. The minimum absolute atomic E-state index is 0.861. The zero-order valence-corrected chi connectivity index (χ0v) is 31.4. The highest BCUT2D eigenvalue weighted by Crippen LogP contribution is 2.42. The number of benzene rings is 10. The molecule has 0 atom stereocenters. The molecule has 2 heteroatoms. The summed E-state index contributed by atoms with van der Waals surface area (Å²) in [5.41, 5.74) is 12.1. The summed E-state index contributed by atoms with van der Waals surface area (Å²) in [6.07, 6.45) is 0.861. The minimum atomic E-state index is 0.861. The normalized spacial score (nSPS) is 11.8. The first-order chi connectivity index (χ1) is 27.6. The first kappa shape index (κ1) is 32.4. The van der Waals surface area contributed by atoms with Gasteiger partial charge in [0.25, 0.3) is 0 Å². The van der Waals surface area contributed by atoms with Crippen molar-refractivity contribution >= 4 is 64.9 Å². The van der Waals surface area contributed by atoms with Crippen molar-refractivity contribution in [3.8, 4) is 39.1 Å². The fraction of sp³-hybridized carbons (Fsp3) is 0.0556. The number of aryl methyl sites for hydroxylation is 2. The number of nitrogens with zero attached hydrogens (tertiary/aromatic N) is 2. The maximum Gasteiger partial charge on any atom is 0.114 e. The van der Waals surface area contributed by atoms with E-state index in [0.29, 0.717) is 0 Å². The van der Waals surface area contributed by atoms with Crippen molar-refractivity contribution in [2.75, 3.05) is 0 Å². The second kappa shape index (κ2) is 12.8. The van der Waals surface area contributed by atoms with Crippen LogP contribution in [0, 0.1) is 6.92 Å². The van der Waals surface area contributed by atoms with E-state index < -0.39 is 0 Å². The van der Waals surface area contributed by atoms with Crippen molar-refractivity contribution in [3.05, 3.63) is 193 Å². The second-order valence-corrected chi connectivity index (χ2v) is 15.0. The van der Waals surface area contributed by atoms with Gasteiger partial charge in [0.05, 0.1) is 16.7 Å². The molecule has 0 unspecified atom stereocenters. The van der Waals surface area contributed by atoms with Gasteiger partial charge in [0.2, 0.25) is 0 Å². The van der Waals surface area contributed by atoms with Crippen LogP contribution >= 0.6 is 0 Å². The molecular weight excluding hydrogens is 677 g/mol. The first-order valence-electron chi connectivity index (χ1n) is 19.6. The van der Waals surface area contributed by atoms with Gasteiger partial charge in [-0.15, -0.1) is 0 Å². The molecule has 0 radical (unpaired) electrons. The molecule has 0 N–H and O–H groups in total. The van der Waals surface area contributed by atoms with Crippen LogP contribution in [-0.2, 0) is 6.42 Å². The predicted octanol–water partition coefficient (Wildman–Crippen LogP) is 14.7. The molecule has 0 spiro atoms. The quantitative estimate of drug-likeness (QED) is 0.162. The van der Waals surface area contributed by atoms with Crippen LogP contribution in [0.1, 0.15) is 18.3 Å². The van der Waals surface area contributed by atoms with Gasteiger partial charge in [-0.2, -0.15) is 0 Å². The maximum absolute atomic E-state index is 4.97. The number of hydrogen-bond acceptors (Lipinski definition) is 1. The zero-order valence-electron chi connectivity index (χ0n) is 31.4. The Morgan fingerprint density at radius 3 is 1.84 bits per heavy atom. The Hall–Kier alpha value is -7.03. The van der Waals surface area contributed by atoms with E-state index in [4.69, 9.17) is 4.98 Å². The van der Waals surface area contributed by atoms with E-state index in [1.54, 1.807) is 0 Å². The largest absolute Gasteiger partial charge is 0.296 e. The van der Waals surface area contributed by atoms with Gasteiger partial charge in [0.15, 0.2) is 0 Å². The standard InChI is InChI=1S/C54H38N2/c1-3-51-55-48-19-6-7-20-50(48)56(51)49-32-31-42(44-15-4-5-16-45(44)49)36-23-21-35(22-24-36)40-29-30-43-41(33-40)28-27-38-13-9-17-46(53(38)43)47-18-10-14-39-26-25-37-12-8-11-34(2)52(37)54(39)47/h4-33H,3H2,1-2H3. The molecule has 0 aliphatic carbocycles. The average molecular weight is 715 g/mol. The van der Waals surface area contributed by atoms with Crippen LogP contribution in [0.5, 0.6) is 0 Å². The summed E-state index contributed by atoms with van der Waals surface area (Å²) in [6.45, 7) is 4.41. The third-order valence-corrected chi connectivity index (χ3v) is 11.9. The Kier molecular flexibility index (Phi) is 7.40. The summed E-state index contributed by atoms with van der Waals surface area (Å²) in [5.74, 6) is 1.07. The van der Waals surface area contributed by atoms with Gasteiger partial charge in [-0.05, 0) is 119 Å². The van der Waals surface area contributed by atoms with Crippen LogP contribution in [-0.4, -0.2) is 9.55 Å². The van der Waals surface area contributed by atoms with E-state index in [0.717, 1.165) is 23.3 Å². The van der Waals surface area contributed by atoms with Gasteiger partial charge in [0.1, 0.15) is 5.82 Å². The number of para-hydroxylation sites is 2. The average Bonchev–Trinajstić information content (AvgIpc) is 3.64. The maximum atomic E-state index is 4.97. The third kappa shape index (κ3) is 4.99. The SMILES string of the molecule is CCc1nc2ccccc2n1-c1ccc(-c2ccc(-c3ccc4c(ccc5cccc(-c6cccc7ccc8cccc(C)c8c67)c54)c3)cc2)c2ccccc12. The Morgan fingerprint density at radius 1 is 0.429 bits per heavy atom. The lowest BCUT2D eigenvalue weighted by atomic mass is 9.88. The predicted molar refractivity (Wildman–Crippen MR) is 239 cm³/mol. The monoisotopic (exact) mass is 714 g/mol. The molecule has 56 heavy (non-hydrogen) atoms. The Balaban J connectivity index is 1.00. The Labute approximate surface area is 325 Å². The molecule has 0 saturated carbocycles. The van der Waals surface area contributed by atoms with E-state index in [-0.39, 0.29) is 0 Å². The molecule has 0 bridgehead atoms. The number of imidazole rings is 1. The van der Waals surface area contributed by atoms with E-state index in [2.05, 4.69) is 200 Å². The summed E-state index contributed by atoms with van der Waals surface area (Å²) in [7, 11) is 0. The van der Waals surface area contributed by atoms with Gasteiger partial charge in [0, 0.05) is 11.8 Å². The van der Waals surface area contributed by atoms with Crippen molar-refractivity contribution in [2.24, 2.45) is 0 Å². The smallest absolute Gasteiger partial charge is 0.114 e. The van der Waals surface area contributed by atoms with Gasteiger partial charge >= 0.3 is 0 Å². The van der Waals surface area contributed by atoms with Crippen LogP contribution < -0.4 is 0 Å². The number of fused-ring (bicyclic) bond motifs is 8. The van der Waals surface area contributed by atoms with Gasteiger partial charge in [-0.1, -0.05) is 165 Å². The zero-order chi connectivity index (χ0) is 37.3. The van der Waals surface area contributed by atoms with Crippen LogP contribution in [0.2, 0.25) is 0 Å². The summed E-state index contributed by atoms with van der Waals surface area (Å²) < 4.78 is 2.33. The highest BCUT2D eigenvalue weighted by Gasteiger charge is 2.17. The van der Waals surface area contributed by atoms with Crippen molar-refractivity contribution in [1.82, 2.24) is 9.55 Å². The molecule has 0 fully saturated rings. The lowest BCUT2D eigenvalue weighted by molar-refractivity contribution is 0.913. The summed E-state index contributed by atoms with van der Waals surface area (Å²) >= 11 is 0. The molecule has 0 aliphatic heterocycles. The first-order valence-corrected chi connectivity index (χ1v) is 19.6. The molecule has 2 nitrogen and oxygen atoms in total. The topological polar surface area (TPSA) is 17.8 Å². The molecule has 0 amide bonds. The van der Waals surface area contributed by atoms with E-state index >= 15 is 0 Å². The van der Waals surface area contributed by atoms with E-state index in [9.17, 15) is 0 Å². The van der Waals surface area contributed by atoms with Crippen molar-refractivity contribution in [3.63, 3.8) is 0 Å². The minimum Gasteiger partial charge on any atom is -0.296 e. The molecule has 1 heterocycles. The Bertz CT molecular complexity index is 3350. The van der Waals surface area contributed by atoms with Crippen molar-refractivity contribution in [2.45, 2.75) is 20.3 Å². The van der Waals surface area contributed by atoms with Crippen LogP contribution in [0.25, 0.3) is 104 Å². The van der Waals surface area contributed by atoms with Gasteiger partial charge in [-0.3, -0.25) is 4.57 Å². The van der Waals surface area contributed by atoms with Gasteiger partial charge < -0.3 is 0 Å². The Morgan fingerprint density at radius 2 is 1.05 bits per heavy atom. The van der Waals surface area contributed by atoms with Crippen LogP contribution in [0.4, 0.5) is 0 Å². The molecule has 10 aromatic carbocycles. The molecule has 1 aromatic heterocycles. The molecule has 0 saturated heterocycles. The summed E-state index contributed by atoms with van der Waals surface area (Å²) in [5, 5.41) is 12.8. The second-order valence-electron chi connectivity index (χ2n) is 15.0. The number of rotatable bonds is 5. The summed E-state index contributed by atoms with van der Waals surface area (Å²) in [6, 6.07) is 67.0. The van der Waals surface area contributed by atoms with Crippen LogP contribution in [0.15, 0.2) is 182 Å². The van der Waals surface area contributed by atoms with Gasteiger partial charge in [-0.25, -0.2) is 4.98 Å². The molecule has 11 aromatic rings. The van der Waals surface area contributed by atoms with Crippen LogP contribution in [0.3, 0.4) is 0 Å². The van der Waals surface area contributed by atoms with Crippen molar-refractivity contribution in [1.29, 1.82) is 0 Å². The molecule has 11 rings (SSSR count). The van der Waals surface area contributed by atoms with E-state index in [1.165, 1.54) is 98.5 Å². The molecule has 0 aliphatic rings. The highest BCUT2D eigenvalue weighted by molar-refractivity contribution is 6.21. The molecular formula is C54H38N2.